The fourth-order valence-corrected chi connectivity index (χ4v) is 1.63. The molecule has 1 aromatic rings. The van der Waals surface area contributed by atoms with Gasteiger partial charge in [-0.2, -0.15) is 9.37 Å². The van der Waals surface area contributed by atoms with Gasteiger partial charge < -0.3 is 19.5 Å². The molecule has 17 heavy (non-hydrogen) atoms. The van der Waals surface area contributed by atoms with Gasteiger partial charge in [-0.3, -0.25) is 0 Å². The molecule has 1 N–H and O–H groups in total. The maximum atomic E-state index is 13.1. The Labute approximate surface area is 98.1 Å². The molecule has 1 fully saturated rings. The van der Waals surface area contributed by atoms with E-state index in [2.05, 4.69) is 15.3 Å². The summed E-state index contributed by atoms with van der Waals surface area (Å²) in [5, 5.41) is 3.02. The minimum atomic E-state index is -0.594. The second-order valence-electron chi connectivity index (χ2n) is 3.61. The highest BCUT2D eigenvalue weighted by Crippen LogP contribution is 2.17. The molecule has 0 radical (unpaired) electrons. The molecule has 1 aliphatic rings. The quantitative estimate of drug-likeness (QED) is 0.828. The lowest BCUT2D eigenvalue weighted by Gasteiger charge is -2.17. The largest absolute Gasteiger partial charge is 0.479 e. The van der Waals surface area contributed by atoms with Crippen molar-refractivity contribution in [3.8, 4) is 5.88 Å². The van der Waals surface area contributed by atoms with Crippen LogP contribution in [0.1, 0.15) is 0 Å². The normalized spacial score (nSPS) is 23.7. The number of hydrogen-bond acceptors (Lipinski definition) is 6. The summed E-state index contributed by atoms with van der Waals surface area (Å²) in [6.07, 6.45) is 1.00. The first-order valence-corrected chi connectivity index (χ1v) is 5.18. The molecule has 0 saturated carbocycles. The Morgan fingerprint density at radius 1 is 1.47 bits per heavy atom. The molecule has 6 nitrogen and oxygen atoms in total. The Hall–Kier alpha value is -1.47. The van der Waals surface area contributed by atoms with E-state index in [1.807, 2.05) is 0 Å². The van der Waals surface area contributed by atoms with Crippen LogP contribution in [0.15, 0.2) is 6.20 Å². The predicted octanol–water partition coefficient (Wildman–Crippen LogP) is 0.450. The number of anilines is 1. The van der Waals surface area contributed by atoms with Crippen molar-refractivity contribution >= 4 is 5.95 Å². The lowest BCUT2D eigenvalue weighted by Crippen LogP contribution is -2.34. The molecule has 0 unspecified atom stereocenters. The zero-order valence-electron chi connectivity index (χ0n) is 9.64. The molecular formula is C10H14FN3O3. The van der Waals surface area contributed by atoms with Gasteiger partial charge >= 0.3 is 0 Å². The van der Waals surface area contributed by atoms with E-state index in [9.17, 15) is 4.39 Å². The number of halogens is 1. The van der Waals surface area contributed by atoms with Crippen LogP contribution >= 0.6 is 0 Å². The topological polar surface area (TPSA) is 65.5 Å². The van der Waals surface area contributed by atoms with Gasteiger partial charge in [0.25, 0.3) is 5.88 Å². The Bertz CT molecular complexity index is 391. The zero-order chi connectivity index (χ0) is 12.3. The third-order valence-corrected chi connectivity index (χ3v) is 2.55. The van der Waals surface area contributed by atoms with E-state index in [-0.39, 0.29) is 18.0 Å². The summed E-state index contributed by atoms with van der Waals surface area (Å²) in [6.45, 7) is 1.02. The third kappa shape index (κ3) is 2.62. The van der Waals surface area contributed by atoms with Crippen LogP contribution < -0.4 is 10.1 Å². The van der Waals surface area contributed by atoms with E-state index < -0.39 is 5.82 Å². The highest BCUT2D eigenvalue weighted by atomic mass is 19.1. The molecule has 0 bridgehead atoms. The second kappa shape index (κ2) is 5.24. The molecule has 0 aliphatic carbocycles. The van der Waals surface area contributed by atoms with E-state index in [1.165, 1.54) is 7.11 Å². The molecule has 1 aliphatic heterocycles. The number of methoxy groups -OCH3 is 2. The summed E-state index contributed by atoms with van der Waals surface area (Å²) in [4.78, 5) is 7.72. The Morgan fingerprint density at radius 3 is 3.00 bits per heavy atom. The van der Waals surface area contributed by atoms with Crippen LogP contribution in [-0.4, -0.2) is 49.5 Å². The lowest BCUT2D eigenvalue weighted by molar-refractivity contribution is 0.0794. The average molecular weight is 243 g/mol. The Balaban J connectivity index is 2.08. The van der Waals surface area contributed by atoms with Crippen molar-refractivity contribution in [1.29, 1.82) is 0 Å². The van der Waals surface area contributed by atoms with Gasteiger partial charge in [-0.05, 0) is 0 Å². The molecule has 2 rings (SSSR count). The van der Waals surface area contributed by atoms with E-state index in [0.29, 0.717) is 19.2 Å². The predicted molar refractivity (Wildman–Crippen MR) is 57.6 cm³/mol. The first-order valence-electron chi connectivity index (χ1n) is 5.18. The Kier molecular flexibility index (Phi) is 3.70. The third-order valence-electron chi connectivity index (χ3n) is 2.55. The number of ether oxygens (including phenoxy) is 3. The summed E-state index contributed by atoms with van der Waals surface area (Å²) in [5.41, 5.74) is 0. The van der Waals surface area contributed by atoms with Crippen LogP contribution in [0.4, 0.5) is 10.3 Å². The summed E-state index contributed by atoms with van der Waals surface area (Å²) in [5.74, 6) is -0.389. The second-order valence-corrected chi connectivity index (χ2v) is 3.61. The number of rotatable bonds is 4. The van der Waals surface area contributed by atoms with Gasteiger partial charge in [-0.25, -0.2) is 4.98 Å². The number of nitrogens with zero attached hydrogens (tertiary/aromatic N) is 2. The molecule has 2 atom stereocenters. The molecule has 0 aromatic carbocycles. The highest BCUT2D eigenvalue weighted by Gasteiger charge is 2.28. The van der Waals surface area contributed by atoms with Crippen LogP contribution in [0, 0.1) is 5.82 Å². The average Bonchev–Trinajstić information content (AvgIpc) is 2.79. The summed E-state index contributed by atoms with van der Waals surface area (Å²) >= 11 is 0. The van der Waals surface area contributed by atoms with Gasteiger partial charge in [0.1, 0.15) is 6.10 Å². The van der Waals surface area contributed by atoms with Crippen molar-refractivity contribution in [2.75, 3.05) is 32.8 Å². The first kappa shape index (κ1) is 12.0. The molecule has 7 heteroatoms. The van der Waals surface area contributed by atoms with Crippen molar-refractivity contribution in [3.05, 3.63) is 12.0 Å². The van der Waals surface area contributed by atoms with Crippen LogP contribution in [0.3, 0.4) is 0 Å². The zero-order valence-corrected chi connectivity index (χ0v) is 9.64. The molecule has 0 amide bonds. The van der Waals surface area contributed by atoms with Crippen LogP contribution in [0.5, 0.6) is 5.88 Å². The molecular weight excluding hydrogens is 229 g/mol. The standard InChI is InChI=1S/C10H14FN3O3/c1-15-8-5-17-4-7(8)13-10-12-3-6(11)9(14-10)16-2/h3,7-8H,4-5H2,1-2H3,(H,12,13,14)/t7-,8-/m0/s1. The van der Waals surface area contributed by atoms with E-state index in [4.69, 9.17) is 14.2 Å². The van der Waals surface area contributed by atoms with Crippen molar-refractivity contribution in [2.45, 2.75) is 12.1 Å². The highest BCUT2D eigenvalue weighted by molar-refractivity contribution is 5.30. The van der Waals surface area contributed by atoms with Gasteiger partial charge in [0.2, 0.25) is 11.8 Å². The summed E-state index contributed by atoms with van der Waals surface area (Å²) < 4.78 is 28.4. The van der Waals surface area contributed by atoms with Crippen LogP contribution in [-0.2, 0) is 9.47 Å². The number of aromatic nitrogens is 2. The van der Waals surface area contributed by atoms with Crippen molar-refractivity contribution in [3.63, 3.8) is 0 Å². The minimum absolute atomic E-state index is 0.0461. The van der Waals surface area contributed by atoms with E-state index in [1.54, 1.807) is 7.11 Å². The van der Waals surface area contributed by atoms with Gasteiger partial charge in [-0.15, -0.1) is 0 Å². The molecule has 94 valence electrons. The maximum absolute atomic E-state index is 13.1. The van der Waals surface area contributed by atoms with Gasteiger partial charge in [0, 0.05) is 7.11 Å². The van der Waals surface area contributed by atoms with Crippen molar-refractivity contribution in [1.82, 2.24) is 9.97 Å². The molecule has 1 aromatic heterocycles. The molecule has 1 saturated heterocycles. The van der Waals surface area contributed by atoms with Gasteiger partial charge in [0.15, 0.2) is 0 Å². The summed E-state index contributed by atoms with van der Waals surface area (Å²) in [6, 6.07) is -0.0461. The van der Waals surface area contributed by atoms with Crippen molar-refractivity contribution < 1.29 is 18.6 Å². The van der Waals surface area contributed by atoms with Crippen molar-refractivity contribution in [2.24, 2.45) is 0 Å². The maximum Gasteiger partial charge on any atom is 0.255 e. The summed E-state index contributed by atoms with van der Waals surface area (Å²) in [7, 11) is 2.96. The van der Waals surface area contributed by atoms with Gasteiger partial charge in [0.05, 0.1) is 32.6 Å². The fraction of sp³-hybridized carbons (Fsp3) is 0.600. The number of hydrogen-bond donors (Lipinski definition) is 1. The SMILES string of the molecule is COc1nc(N[C@H]2COC[C@@H]2OC)ncc1F. The Morgan fingerprint density at radius 2 is 2.29 bits per heavy atom. The van der Waals surface area contributed by atoms with E-state index >= 15 is 0 Å². The van der Waals surface area contributed by atoms with Gasteiger partial charge in [-0.1, -0.05) is 0 Å². The number of nitrogens with one attached hydrogen (secondary N) is 1. The van der Waals surface area contributed by atoms with Crippen LogP contribution in [0.25, 0.3) is 0 Å². The first-order chi connectivity index (χ1) is 8.24. The molecule has 0 spiro atoms. The van der Waals surface area contributed by atoms with Crippen LogP contribution in [0.2, 0.25) is 0 Å². The smallest absolute Gasteiger partial charge is 0.255 e. The van der Waals surface area contributed by atoms with E-state index in [0.717, 1.165) is 6.20 Å². The fourth-order valence-electron chi connectivity index (χ4n) is 1.63. The minimum Gasteiger partial charge on any atom is -0.479 e. The monoisotopic (exact) mass is 243 g/mol. The lowest BCUT2D eigenvalue weighted by atomic mass is 10.2. The molecule has 2 heterocycles.